The molecule has 1 aliphatic rings. The number of halogens is 1. The number of nitrogens with zero attached hydrogens (tertiary/aromatic N) is 2. The highest BCUT2D eigenvalue weighted by atomic mass is 35.5. The van der Waals surface area contributed by atoms with E-state index in [1.165, 1.54) is 16.7 Å². The Hall–Kier alpha value is -2.69. The summed E-state index contributed by atoms with van der Waals surface area (Å²) in [6.45, 7) is -0.165. The van der Waals surface area contributed by atoms with Gasteiger partial charge in [0.15, 0.2) is 6.61 Å². The minimum absolute atomic E-state index is 0.165. The summed E-state index contributed by atoms with van der Waals surface area (Å²) in [5.74, 6) is 0.927. The van der Waals surface area contributed by atoms with Gasteiger partial charge in [-0.05, 0) is 42.5 Å². The number of rotatable bonds is 5. The Morgan fingerprint density at radius 1 is 1.30 bits per heavy atom. The van der Waals surface area contributed by atoms with Crippen LogP contribution < -0.4 is 10.1 Å². The van der Waals surface area contributed by atoms with Gasteiger partial charge in [-0.15, -0.1) is 11.8 Å². The summed E-state index contributed by atoms with van der Waals surface area (Å²) in [7, 11) is 0. The Morgan fingerprint density at radius 2 is 2.07 bits per heavy atom. The minimum Gasteiger partial charge on any atom is -0.484 e. The van der Waals surface area contributed by atoms with E-state index >= 15 is 0 Å². The van der Waals surface area contributed by atoms with Crippen molar-refractivity contribution in [2.75, 3.05) is 23.6 Å². The van der Waals surface area contributed by atoms with Crippen molar-refractivity contribution in [1.82, 2.24) is 4.90 Å². The molecule has 1 unspecified atom stereocenters. The lowest BCUT2D eigenvalue weighted by Gasteiger charge is -2.23. The third kappa shape index (κ3) is 4.94. The second-order valence-corrected chi connectivity index (χ2v) is 7.24. The van der Waals surface area contributed by atoms with E-state index in [9.17, 15) is 9.59 Å². The normalized spacial score (nSPS) is 15.9. The van der Waals surface area contributed by atoms with Crippen LogP contribution in [-0.2, 0) is 9.59 Å². The molecule has 0 radical (unpaired) electrons. The summed E-state index contributed by atoms with van der Waals surface area (Å²) in [5, 5.41) is 12.1. The smallest absolute Gasteiger partial charge is 0.261 e. The maximum absolute atomic E-state index is 12.6. The van der Waals surface area contributed by atoms with Gasteiger partial charge in [0.25, 0.3) is 5.91 Å². The van der Waals surface area contributed by atoms with E-state index in [4.69, 9.17) is 21.6 Å². The third-order valence-electron chi connectivity index (χ3n) is 3.95. The Morgan fingerprint density at radius 3 is 2.78 bits per heavy atom. The number of amides is 2. The number of anilines is 1. The summed E-state index contributed by atoms with van der Waals surface area (Å²) in [5.41, 5.74) is 1.10. The standard InChI is InChI=1S/C19H16ClN3O3S/c20-14-2-1-3-16(8-14)26-10-18(24)23-12-27-11-17(23)19(25)22-15-6-4-13(9-21)5-7-15/h1-8,17H,10-12H2,(H,22,25). The van der Waals surface area contributed by atoms with Crippen LogP contribution in [0.1, 0.15) is 5.56 Å². The first-order valence-corrected chi connectivity index (χ1v) is 9.66. The number of hydrogen-bond donors (Lipinski definition) is 1. The number of benzene rings is 2. The Balaban J connectivity index is 1.59. The van der Waals surface area contributed by atoms with E-state index in [-0.39, 0.29) is 18.4 Å². The summed E-state index contributed by atoms with van der Waals surface area (Å²) in [4.78, 5) is 26.6. The maximum atomic E-state index is 12.6. The van der Waals surface area contributed by atoms with Gasteiger partial charge in [0.2, 0.25) is 5.91 Å². The highest BCUT2D eigenvalue weighted by Crippen LogP contribution is 2.23. The van der Waals surface area contributed by atoms with Crippen molar-refractivity contribution in [3.05, 3.63) is 59.1 Å². The van der Waals surface area contributed by atoms with E-state index < -0.39 is 6.04 Å². The first-order chi connectivity index (χ1) is 13.1. The zero-order chi connectivity index (χ0) is 19.2. The van der Waals surface area contributed by atoms with Crippen LogP contribution in [0.3, 0.4) is 0 Å². The third-order valence-corrected chi connectivity index (χ3v) is 5.19. The van der Waals surface area contributed by atoms with Gasteiger partial charge < -0.3 is 15.0 Å². The number of carbonyl (C=O) groups is 2. The molecule has 1 aliphatic heterocycles. The highest BCUT2D eigenvalue weighted by Gasteiger charge is 2.34. The van der Waals surface area contributed by atoms with Gasteiger partial charge in [-0.1, -0.05) is 17.7 Å². The molecule has 8 heteroatoms. The molecular weight excluding hydrogens is 386 g/mol. The fourth-order valence-electron chi connectivity index (χ4n) is 2.54. The molecule has 3 rings (SSSR count). The minimum atomic E-state index is -0.568. The molecular formula is C19H16ClN3O3S. The number of hydrogen-bond acceptors (Lipinski definition) is 5. The molecule has 2 aromatic carbocycles. The Kier molecular flexibility index (Phi) is 6.22. The quantitative estimate of drug-likeness (QED) is 0.832. The van der Waals surface area contributed by atoms with E-state index in [1.54, 1.807) is 48.5 Å². The number of thioether (sulfide) groups is 1. The zero-order valence-corrected chi connectivity index (χ0v) is 15.8. The molecule has 6 nitrogen and oxygen atoms in total. The van der Waals surface area contributed by atoms with Crippen LogP contribution in [0.4, 0.5) is 5.69 Å². The van der Waals surface area contributed by atoms with Crippen molar-refractivity contribution in [3.63, 3.8) is 0 Å². The number of nitrogens with one attached hydrogen (secondary N) is 1. The summed E-state index contributed by atoms with van der Waals surface area (Å²) in [6, 6.07) is 14.8. The highest BCUT2D eigenvalue weighted by molar-refractivity contribution is 7.99. The first kappa shape index (κ1) is 19.1. The fraction of sp³-hybridized carbons (Fsp3) is 0.211. The molecule has 2 aromatic rings. The topological polar surface area (TPSA) is 82.4 Å². The molecule has 1 fully saturated rings. The van der Waals surface area contributed by atoms with Crippen molar-refractivity contribution in [3.8, 4) is 11.8 Å². The van der Waals surface area contributed by atoms with E-state index in [0.29, 0.717) is 33.7 Å². The predicted octanol–water partition coefficient (Wildman–Crippen LogP) is 3.13. The number of nitriles is 1. The van der Waals surface area contributed by atoms with E-state index in [2.05, 4.69) is 5.32 Å². The second kappa shape index (κ2) is 8.80. The van der Waals surface area contributed by atoms with Gasteiger partial charge in [0, 0.05) is 16.5 Å². The van der Waals surface area contributed by atoms with Crippen molar-refractivity contribution >= 4 is 40.9 Å². The molecule has 1 saturated heterocycles. The van der Waals surface area contributed by atoms with Crippen LogP contribution >= 0.6 is 23.4 Å². The molecule has 27 heavy (non-hydrogen) atoms. The lowest BCUT2D eigenvalue weighted by molar-refractivity contribution is -0.137. The van der Waals surface area contributed by atoms with Crippen LogP contribution in [0.25, 0.3) is 0 Å². The van der Waals surface area contributed by atoms with Crippen molar-refractivity contribution in [2.24, 2.45) is 0 Å². The van der Waals surface area contributed by atoms with Crippen LogP contribution in [0.5, 0.6) is 5.75 Å². The average Bonchev–Trinajstić information content (AvgIpc) is 3.17. The van der Waals surface area contributed by atoms with Crippen LogP contribution in [0.2, 0.25) is 5.02 Å². The fourth-order valence-corrected chi connectivity index (χ4v) is 3.90. The molecule has 1 heterocycles. The van der Waals surface area contributed by atoms with Gasteiger partial charge >= 0.3 is 0 Å². The molecule has 0 aromatic heterocycles. The lowest BCUT2D eigenvalue weighted by Crippen LogP contribution is -2.46. The molecule has 138 valence electrons. The van der Waals surface area contributed by atoms with Crippen molar-refractivity contribution < 1.29 is 14.3 Å². The summed E-state index contributed by atoms with van der Waals surface area (Å²) >= 11 is 7.41. The van der Waals surface area contributed by atoms with Gasteiger partial charge in [-0.2, -0.15) is 5.26 Å². The SMILES string of the molecule is N#Cc1ccc(NC(=O)C2CSCN2C(=O)COc2cccc(Cl)c2)cc1. The lowest BCUT2D eigenvalue weighted by atomic mass is 10.2. The van der Waals surface area contributed by atoms with Crippen LogP contribution in [0, 0.1) is 11.3 Å². The molecule has 1 N–H and O–H groups in total. The van der Waals surface area contributed by atoms with E-state index in [0.717, 1.165) is 0 Å². The van der Waals surface area contributed by atoms with Gasteiger partial charge in [-0.25, -0.2) is 0 Å². The Labute approximate surface area is 166 Å². The molecule has 1 atom stereocenters. The first-order valence-electron chi connectivity index (χ1n) is 8.13. The molecule has 0 aliphatic carbocycles. The Bertz CT molecular complexity index is 883. The molecule has 2 amide bonds. The average molecular weight is 402 g/mol. The molecule has 0 spiro atoms. The van der Waals surface area contributed by atoms with Crippen molar-refractivity contribution in [1.29, 1.82) is 5.26 Å². The van der Waals surface area contributed by atoms with Gasteiger partial charge in [-0.3, -0.25) is 9.59 Å². The number of ether oxygens (including phenoxy) is 1. The second-order valence-electron chi connectivity index (χ2n) is 5.80. The monoisotopic (exact) mass is 401 g/mol. The van der Waals surface area contributed by atoms with Crippen molar-refractivity contribution in [2.45, 2.75) is 6.04 Å². The molecule has 0 bridgehead atoms. The van der Waals surface area contributed by atoms with Gasteiger partial charge in [0.1, 0.15) is 11.8 Å². The van der Waals surface area contributed by atoms with Crippen LogP contribution in [-0.4, -0.2) is 41.0 Å². The zero-order valence-electron chi connectivity index (χ0n) is 14.2. The van der Waals surface area contributed by atoms with Crippen LogP contribution in [0.15, 0.2) is 48.5 Å². The summed E-state index contributed by atoms with van der Waals surface area (Å²) < 4.78 is 5.49. The summed E-state index contributed by atoms with van der Waals surface area (Å²) in [6.07, 6.45) is 0. The van der Waals surface area contributed by atoms with Gasteiger partial charge in [0.05, 0.1) is 17.5 Å². The largest absolute Gasteiger partial charge is 0.484 e. The predicted molar refractivity (Wildman–Crippen MR) is 105 cm³/mol. The molecule has 0 saturated carbocycles. The number of carbonyl (C=O) groups excluding carboxylic acids is 2. The maximum Gasteiger partial charge on any atom is 0.261 e. The van der Waals surface area contributed by atoms with E-state index in [1.807, 2.05) is 6.07 Å².